The van der Waals surface area contributed by atoms with Crippen LogP contribution in [0.1, 0.15) is 12.5 Å². The summed E-state index contributed by atoms with van der Waals surface area (Å²) in [5.41, 5.74) is -0.541. The number of benzene rings is 1. The van der Waals surface area contributed by atoms with E-state index in [1.54, 1.807) is 0 Å². The fraction of sp³-hybridized carbons (Fsp3) is 0.200. The zero-order chi connectivity index (χ0) is 17.1. The molecule has 1 N–H and O–H groups in total. The Morgan fingerprint density at radius 3 is 2.26 bits per heavy atom. The van der Waals surface area contributed by atoms with Crippen LogP contribution in [-0.4, -0.2) is 22.2 Å². The number of hydrogen-bond donors (Lipinski definition) is 1. The highest BCUT2D eigenvalue weighted by Crippen LogP contribution is 2.27. The van der Waals surface area contributed by atoms with E-state index in [9.17, 15) is 18.0 Å². The summed E-state index contributed by atoms with van der Waals surface area (Å²) < 4.78 is 50.5. The number of carbonyl (C=O) groups is 1. The molecule has 0 saturated heterocycles. The van der Waals surface area contributed by atoms with Crippen molar-refractivity contribution in [1.29, 1.82) is 0 Å². The second-order valence-electron chi connectivity index (χ2n) is 4.63. The molecule has 1 aromatic carbocycles. The van der Waals surface area contributed by atoms with Crippen LogP contribution in [0.5, 0.6) is 17.4 Å². The molecule has 8 heteroatoms. The van der Waals surface area contributed by atoms with Crippen molar-refractivity contribution in [1.82, 2.24) is 4.98 Å². The number of aliphatic carboxylic acids is 1. The van der Waals surface area contributed by atoms with Crippen LogP contribution in [0.15, 0.2) is 24.3 Å². The van der Waals surface area contributed by atoms with Crippen LogP contribution in [-0.2, 0) is 4.79 Å². The van der Waals surface area contributed by atoms with Gasteiger partial charge < -0.3 is 14.6 Å². The lowest BCUT2D eigenvalue weighted by atomic mass is 10.3. The van der Waals surface area contributed by atoms with Gasteiger partial charge in [0.15, 0.2) is 11.9 Å². The summed E-state index contributed by atoms with van der Waals surface area (Å²) in [4.78, 5) is 13.9. The molecule has 5 nitrogen and oxygen atoms in total. The molecule has 0 aliphatic carbocycles. The third kappa shape index (κ3) is 3.71. The van der Waals surface area contributed by atoms with E-state index in [-0.39, 0.29) is 11.5 Å². The Morgan fingerprint density at radius 1 is 1.13 bits per heavy atom. The van der Waals surface area contributed by atoms with Gasteiger partial charge in [-0.05, 0) is 38.1 Å². The topological polar surface area (TPSA) is 68.7 Å². The fourth-order valence-electron chi connectivity index (χ4n) is 1.59. The first-order valence-electron chi connectivity index (χ1n) is 6.48. The quantitative estimate of drug-likeness (QED) is 0.852. The second-order valence-corrected chi connectivity index (χ2v) is 4.63. The molecule has 0 radical (unpaired) electrons. The Balaban J connectivity index is 2.17. The van der Waals surface area contributed by atoms with Crippen LogP contribution >= 0.6 is 0 Å². The third-order valence-electron chi connectivity index (χ3n) is 2.92. The van der Waals surface area contributed by atoms with Crippen LogP contribution in [0.3, 0.4) is 0 Å². The van der Waals surface area contributed by atoms with Crippen molar-refractivity contribution >= 4 is 5.97 Å². The Labute approximate surface area is 129 Å². The Morgan fingerprint density at radius 2 is 1.70 bits per heavy atom. The summed E-state index contributed by atoms with van der Waals surface area (Å²) in [7, 11) is 0. The molecule has 1 atom stereocenters. The van der Waals surface area contributed by atoms with Crippen LogP contribution in [0.2, 0.25) is 0 Å². The number of pyridine rings is 1. The summed E-state index contributed by atoms with van der Waals surface area (Å²) >= 11 is 0. The van der Waals surface area contributed by atoms with Crippen molar-refractivity contribution in [2.45, 2.75) is 20.0 Å². The highest BCUT2D eigenvalue weighted by atomic mass is 19.2. The number of carboxylic acid groups (broad SMARTS) is 1. The first-order chi connectivity index (χ1) is 10.8. The van der Waals surface area contributed by atoms with E-state index in [1.165, 1.54) is 31.2 Å². The van der Waals surface area contributed by atoms with Gasteiger partial charge in [0.1, 0.15) is 11.5 Å². The van der Waals surface area contributed by atoms with Crippen molar-refractivity contribution in [3.05, 3.63) is 47.4 Å². The molecule has 0 saturated carbocycles. The maximum atomic E-state index is 13.6. The van der Waals surface area contributed by atoms with Crippen molar-refractivity contribution in [3.63, 3.8) is 0 Å². The van der Waals surface area contributed by atoms with Crippen LogP contribution in [0.25, 0.3) is 0 Å². The smallest absolute Gasteiger partial charge is 0.344 e. The highest BCUT2D eigenvalue weighted by molar-refractivity contribution is 5.72. The largest absolute Gasteiger partial charge is 0.479 e. The third-order valence-corrected chi connectivity index (χ3v) is 2.92. The molecule has 23 heavy (non-hydrogen) atoms. The van der Waals surface area contributed by atoms with Crippen LogP contribution < -0.4 is 9.47 Å². The number of carboxylic acids is 1. The SMILES string of the molecule is Cc1c(F)nc(Oc2ccc(OC(C)C(=O)O)cc2)c(F)c1F. The first-order valence-corrected chi connectivity index (χ1v) is 6.48. The maximum absolute atomic E-state index is 13.6. The molecule has 122 valence electrons. The fourth-order valence-corrected chi connectivity index (χ4v) is 1.59. The van der Waals surface area contributed by atoms with E-state index in [4.69, 9.17) is 14.6 Å². The minimum Gasteiger partial charge on any atom is -0.479 e. The molecular weight excluding hydrogens is 315 g/mol. The van der Waals surface area contributed by atoms with Gasteiger partial charge in [-0.25, -0.2) is 9.18 Å². The van der Waals surface area contributed by atoms with Crippen molar-refractivity contribution in [2.75, 3.05) is 0 Å². The Kier molecular flexibility index (Phi) is 4.73. The van der Waals surface area contributed by atoms with Crippen LogP contribution in [0, 0.1) is 24.5 Å². The monoisotopic (exact) mass is 327 g/mol. The van der Waals surface area contributed by atoms with Gasteiger partial charge in [0, 0.05) is 5.56 Å². The summed E-state index contributed by atoms with van der Waals surface area (Å²) in [5.74, 6) is -5.63. The minimum absolute atomic E-state index is 0.0504. The van der Waals surface area contributed by atoms with E-state index in [1.807, 2.05) is 0 Å². The molecule has 0 bridgehead atoms. The standard InChI is InChI=1S/C15H12F3NO4/c1-7-11(16)12(17)14(19-13(7)18)23-10-5-3-9(4-6-10)22-8(2)15(20)21/h3-6,8H,1-2H3,(H,20,21). The number of hydrogen-bond acceptors (Lipinski definition) is 4. The van der Waals surface area contributed by atoms with Gasteiger partial charge in [0.25, 0.3) is 5.88 Å². The number of ether oxygens (including phenoxy) is 2. The number of halogens is 3. The molecule has 0 amide bonds. The van der Waals surface area contributed by atoms with Gasteiger partial charge in [-0.3, -0.25) is 0 Å². The predicted octanol–water partition coefficient (Wildman–Crippen LogP) is 3.45. The molecule has 1 unspecified atom stereocenters. The van der Waals surface area contributed by atoms with Crippen molar-refractivity contribution in [2.24, 2.45) is 0 Å². The molecule has 1 aromatic heterocycles. The summed E-state index contributed by atoms with van der Waals surface area (Å²) in [5, 5.41) is 8.73. The lowest BCUT2D eigenvalue weighted by Crippen LogP contribution is -2.22. The molecule has 0 fully saturated rings. The Hall–Kier alpha value is -2.77. The van der Waals surface area contributed by atoms with Crippen molar-refractivity contribution < 1.29 is 32.5 Å². The second kappa shape index (κ2) is 6.55. The lowest BCUT2D eigenvalue weighted by molar-refractivity contribution is -0.144. The van der Waals surface area contributed by atoms with Crippen molar-refractivity contribution in [3.8, 4) is 17.4 Å². The molecular formula is C15H12F3NO4. The summed E-state index contributed by atoms with van der Waals surface area (Å²) in [6.45, 7) is 2.41. The highest BCUT2D eigenvalue weighted by Gasteiger charge is 2.19. The molecule has 0 aliphatic heterocycles. The summed E-state index contributed by atoms with van der Waals surface area (Å²) in [6, 6.07) is 5.38. The average molecular weight is 327 g/mol. The van der Waals surface area contributed by atoms with E-state index in [2.05, 4.69) is 4.98 Å². The van der Waals surface area contributed by atoms with E-state index in [0.29, 0.717) is 0 Å². The van der Waals surface area contributed by atoms with Gasteiger partial charge in [-0.15, -0.1) is 0 Å². The Bertz CT molecular complexity index is 734. The number of aromatic nitrogens is 1. The van der Waals surface area contributed by atoms with Gasteiger partial charge in [-0.1, -0.05) is 0 Å². The molecule has 2 aromatic rings. The minimum atomic E-state index is -1.40. The van der Waals surface area contributed by atoms with Gasteiger partial charge >= 0.3 is 5.97 Å². The zero-order valence-corrected chi connectivity index (χ0v) is 12.1. The molecule has 0 spiro atoms. The van der Waals surface area contributed by atoms with Gasteiger partial charge in [0.05, 0.1) is 0 Å². The van der Waals surface area contributed by atoms with Gasteiger partial charge in [0.2, 0.25) is 11.8 Å². The van der Waals surface area contributed by atoms with E-state index in [0.717, 1.165) is 6.92 Å². The van der Waals surface area contributed by atoms with E-state index >= 15 is 0 Å². The number of nitrogens with zero attached hydrogens (tertiary/aromatic N) is 1. The lowest BCUT2D eigenvalue weighted by Gasteiger charge is -2.11. The molecule has 1 heterocycles. The van der Waals surface area contributed by atoms with Crippen LogP contribution in [0.4, 0.5) is 13.2 Å². The first kappa shape index (κ1) is 16.6. The normalized spacial score (nSPS) is 11.9. The van der Waals surface area contributed by atoms with Gasteiger partial charge in [-0.2, -0.15) is 13.8 Å². The summed E-state index contributed by atoms with van der Waals surface area (Å²) in [6.07, 6.45) is -1.05. The maximum Gasteiger partial charge on any atom is 0.344 e. The molecule has 0 aliphatic rings. The zero-order valence-electron chi connectivity index (χ0n) is 12.1. The molecule has 2 rings (SSSR count). The predicted molar refractivity (Wildman–Crippen MR) is 73.1 cm³/mol. The van der Waals surface area contributed by atoms with E-state index < -0.39 is 41.1 Å². The average Bonchev–Trinajstić information content (AvgIpc) is 2.52. The number of rotatable bonds is 5.